The molecule has 4 fully saturated rings. The van der Waals surface area contributed by atoms with Crippen LogP contribution in [0.5, 0.6) is 0 Å². The van der Waals surface area contributed by atoms with Gasteiger partial charge in [-0.05, 0) is 62.7 Å². The van der Waals surface area contributed by atoms with Crippen LogP contribution in [0.15, 0.2) is 0 Å². The number of halogens is 1. The van der Waals surface area contributed by atoms with E-state index in [0.717, 1.165) is 38.5 Å². The van der Waals surface area contributed by atoms with Crippen LogP contribution < -0.4 is 16.0 Å². The lowest BCUT2D eigenvalue weighted by Gasteiger charge is -2.33. The smallest absolute Gasteiger partial charge is 0.315 e. The number of fused-ring (bicyclic) bond motifs is 1. The first-order valence-corrected chi connectivity index (χ1v) is 12.1. The van der Waals surface area contributed by atoms with Crippen LogP contribution in [0.4, 0.5) is 4.79 Å². The van der Waals surface area contributed by atoms with Gasteiger partial charge in [-0.25, -0.2) is 4.79 Å². The number of piperidine rings is 1. The number of imide groups is 1. The molecular formula is C22H33ClN4O4. The minimum Gasteiger partial charge on any atom is -0.338 e. The van der Waals surface area contributed by atoms with Crippen molar-refractivity contribution in [1.82, 2.24) is 20.9 Å². The summed E-state index contributed by atoms with van der Waals surface area (Å²) in [4.78, 5) is 50.7. The molecule has 0 aromatic heterocycles. The third-order valence-electron chi connectivity index (χ3n) is 7.69. The van der Waals surface area contributed by atoms with E-state index in [2.05, 4.69) is 22.9 Å². The van der Waals surface area contributed by atoms with E-state index in [4.69, 9.17) is 11.6 Å². The highest BCUT2D eigenvalue weighted by molar-refractivity contribution is 6.20. The van der Waals surface area contributed by atoms with Crippen molar-refractivity contribution >= 4 is 35.4 Å². The molecule has 7 unspecified atom stereocenters. The summed E-state index contributed by atoms with van der Waals surface area (Å²) in [5, 5.41) is 8.65. The molecule has 0 bridgehead atoms. The topological polar surface area (TPSA) is 108 Å². The third-order valence-corrected chi connectivity index (χ3v) is 8.09. The van der Waals surface area contributed by atoms with Crippen LogP contribution in [0, 0.1) is 23.7 Å². The molecule has 31 heavy (non-hydrogen) atoms. The van der Waals surface area contributed by atoms with Crippen molar-refractivity contribution in [3.8, 4) is 0 Å². The maximum Gasteiger partial charge on any atom is 0.315 e. The number of carbonyl (C=O) groups excluding carboxylic acids is 4. The molecule has 0 spiro atoms. The lowest BCUT2D eigenvalue weighted by molar-refractivity contribution is -0.144. The Bertz CT molecular complexity index is 747. The fraction of sp³-hybridized carbons (Fsp3) is 0.818. The van der Waals surface area contributed by atoms with Gasteiger partial charge in [0.05, 0.1) is 0 Å². The van der Waals surface area contributed by atoms with Gasteiger partial charge in [0.25, 0.3) is 0 Å². The van der Waals surface area contributed by atoms with Gasteiger partial charge in [-0.2, -0.15) is 0 Å². The largest absolute Gasteiger partial charge is 0.338 e. The van der Waals surface area contributed by atoms with Crippen molar-refractivity contribution in [1.29, 1.82) is 0 Å². The summed E-state index contributed by atoms with van der Waals surface area (Å²) in [5.74, 6) is 0.207. The number of nitrogens with zero attached hydrogens (tertiary/aromatic N) is 1. The normalized spacial score (nSPS) is 38.5. The summed E-state index contributed by atoms with van der Waals surface area (Å²) in [6.45, 7) is 3.28. The molecule has 2 saturated heterocycles. The molecule has 4 rings (SSSR count). The number of carbonyl (C=O) groups is 4. The van der Waals surface area contributed by atoms with Crippen molar-refractivity contribution in [2.75, 3.05) is 13.1 Å². The highest BCUT2D eigenvalue weighted by Crippen LogP contribution is 2.41. The average Bonchev–Trinajstić information content (AvgIpc) is 3.04. The van der Waals surface area contributed by atoms with Crippen LogP contribution in [0.2, 0.25) is 0 Å². The van der Waals surface area contributed by atoms with E-state index in [9.17, 15) is 19.2 Å². The monoisotopic (exact) mass is 452 g/mol. The Morgan fingerprint density at radius 2 is 1.94 bits per heavy atom. The average molecular weight is 453 g/mol. The Labute approximate surface area is 188 Å². The van der Waals surface area contributed by atoms with Gasteiger partial charge in [-0.3, -0.25) is 19.7 Å². The quantitative estimate of drug-likeness (QED) is 0.446. The van der Waals surface area contributed by atoms with E-state index in [1.807, 2.05) is 0 Å². The first kappa shape index (κ1) is 22.4. The number of likely N-dealkylation sites (tertiary alicyclic amines) is 1. The molecule has 0 radical (unpaired) electrons. The highest BCUT2D eigenvalue weighted by Gasteiger charge is 2.48. The number of nitrogens with one attached hydrogen (secondary N) is 3. The zero-order valence-corrected chi connectivity index (χ0v) is 18.8. The molecule has 2 saturated carbocycles. The number of amides is 5. The van der Waals surface area contributed by atoms with Crippen molar-refractivity contribution in [2.24, 2.45) is 23.7 Å². The van der Waals surface area contributed by atoms with Crippen LogP contribution in [0.1, 0.15) is 58.3 Å². The van der Waals surface area contributed by atoms with E-state index in [1.165, 1.54) is 0 Å². The lowest BCUT2D eigenvalue weighted by atomic mass is 9.75. The van der Waals surface area contributed by atoms with E-state index >= 15 is 0 Å². The zero-order chi connectivity index (χ0) is 22.1. The molecule has 9 heteroatoms. The fourth-order valence-corrected chi connectivity index (χ4v) is 6.25. The Morgan fingerprint density at radius 1 is 1.13 bits per heavy atom. The maximum absolute atomic E-state index is 13.0. The first-order chi connectivity index (χ1) is 14.8. The van der Waals surface area contributed by atoms with Crippen LogP contribution in [-0.4, -0.2) is 59.2 Å². The Balaban J connectivity index is 1.25. The SMILES string of the molecule is CC1CC(Cl)CCC1NC(=O)NCC1CCC2CN(C3CCC(=O)NC3=O)C(=O)C2C1. The van der Waals surface area contributed by atoms with Gasteiger partial charge in [0.2, 0.25) is 17.7 Å². The molecule has 5 amide bonds. The van der Waals surface area contributed by atoms with Crippen molar-refractivity contribution < 1.29 is 19.2 Å². The zero-order valence-electron chi connectivity index (χ0n) is 18.1. The summed E-state index contributed by atoms with van der Waals surface area (Å²) in [6.07, 6.45) is 6.06. The Kier molecular flexibility index (Phi) is 6.74. The second-order valence-corrected chi connectivity index (χ2v) is 10.5. The molecule has 172 valence electrons. The number of hydrogen-bond donors (Lipinski definition) is 3. The minimum atomic E-state index is -0.525. The van der Waals surface area contributed by atoms with E-state index in [0.29, 0.717) is 25.4 Å². The molecular weight excluding hydrogens is 420 g/mol. The maximum atomic E-state index is 13.0. The summed E-state index contributed by atoms with van der Waals surface area (Å²) in [6, 6.07) is -0.512. The molecule has 4 aliphatic rings. The van der Waals surface area contributed by atoms with Crippen LogP contribution in [0.25, 0.3) is 0 Å². The summed E-state index contributed by atoms with van der Waals surface area (Å²) < 4.78 is 0. The number of hydrogen-bond acceptors (Lipinski definition) is 4. The predicted octanol–water partition coefficient (Wildman–Crippen LogP) is 1.76. The van der Waals surface area contributed by atoms with Crippen molar-refractivity contribution in [3.05, 3.63) is 0 Å². The van der Waals surface area contributed by atoms with Crippen molar-refractivity contribution in [3.63, 3.8) is 0 Å². The number of rotatable bonds is 4. The molecule has 2 aliphatic carbocycles. The number of urea groups is 1. The molecule has 7 atom stereocenters. The standard InChI is InChI=1S/C22H33ClN4O4/c1-12-8-15(23)4-5-17(12)25-22(31)24-10-13-2-3-14-11-27(21(30)16(14)9-13)18-6-7-19(28)26-20(18)29/h12-18H,2-11H2,1H3,(H2,24,25,31)(H,26,28,29). The van der Waals surface area contributed by atoms with Gasteiger partial charge >= 0.3 is 6.03 Å². The lowest BCUT2D eigenvalue weighted by Crippen LogP contribution is -2.53. The molecule has 0 aromatic rings. The van der Waals surface area contributed by atoms with Crippen LogP contribution >= 0.6 is 11.6 Å². The van der Waals surface area contributed by atoms with Gasteiger partial charge in [-0.15, -0.1) is 11.6 Å². The van der Waals surface area contributed by atoms with Crippen LogP contribution in [-0.2, 0) is 14.4 Å². The molecule has 2 heterocycles. The fourth-order valence-electron chi connectivity index (χ4n) is 5.84. The Morgan fingerprint density at radius 3 is 2.68 bits per heavy atom. The van der Waals surface area contributed by atoms with Crippen molar-refractivity contribution in [2.45, 2.75) is 75.8 Å². The molecule has 2 aliphatic heterocycles. The summed E-state index contributed by atoms with van der Waals surface area (Å²) in [7, 11) is 0. The molecule has 3 N–H and O–H groups in total. The third kappa shape index (κ3) is 4.99. The number of alkyl halides is 1. The Hall–Kier alpha value is -1.83. The predicted molar refractivity (Wildman–Crippen MR) is 115 cm³/mol. The highest BCUT2D eigenvalue weighted by atomic mass is 35.5. The summed E-state index contributed by atoms with van der Waals surface area (Å²) in [5.41, 5.74) is 0. The second-order valence-electron chi connectivity index (χ2n) is 9.85. The van der Waals surface area contributed by atoms with E-state index < -0.39 is 6.04 Å². The minimum absolute atomic E-state index is 0.0281. The van der Waals surface area contributed by atoms with Gasteiger partial charge < -0.3 is 15.5 Å². The molecule has 0 aromatic carbocycles. The van der Waals surface area contributed by atoms with Gasteiger partial charge in [0.1, 0.15) is 6.04 Å². The van der Waals surface area contributed by atoms with Gasteiger partial charge in [0, 0.05) is 36.8 Å². The first-order valence-electron chi connectivity index (χ1n) is 11.6. The van der Waals surface area contributed by atoms with Gasteiger partial charge in [-0.1, -0.05) is 6.92 Å². The van der Waals surface area contributed by atoms with Crippen LogP contribution in [0.3, 0.4) is 0 Å². The second kappa shape index (κ2) is 9.35. The van der Waals surface area contributed by atoms with E-state index in [-0.39, 0.29) is 59.3 Å². The summed E-state index contributed by atoms with van der Waals surface area (Å²) >= 11 is 6.21. The van der Waals surface area contributed by atoms with E-state index in [1.54, 1.807) is 4.90 Å². The van der Waals surface area contributed by atoms with Gasteiger partial charge in [0.15, 0.2) is 0 Å². The molecule has 8 nitrogen and oxygen atoms in total.